The van der Waals surface area contributed by atoms with E-state index < -0.39 is 0 Å². The predicted molar refractivity (Wildman–Crippen MR) is 98.3 cm³/mol. The average Bonchev–Trinajstić information content (AvgIpc) is 3.14. The molecule has 3 aromatic rings. The van der Waals surface area contributed by atoms with Crippen LogP contribution < -0.4 is 4.90 Å². The van der Waals surface area contributed by atoms with Crippen LogP contribution in [0.4, 0.5) is 14.5 Å². The Hall–Kier alpha value is -2.80. The van der Waals surface area contributed by atoms with Gasteiger partial charge >= 0.3 is 0 Å². The summed E-state index contributed by atoms with van der Waals surface area (Å²) in [5.41, 5.74) is 1.81. The minimum atomic E-state index is -0.289. The number of para-hydroxylation sites is 1. The van der Waals surface area contributed by atoms with Crippen molar-refractivity contribution >= 4 is 5.69 Å². The van der Waals surface area contributed by atoms with Crippen molar-refractivity contribution in [2.24, 2.45) is 0 Å². The number of anilines is 1. The van der Waals surface area contributed by atoms with Crippen LogP contribution in [0.25, 0.3) is 11.4 Å². The molecule has 2 heterocycles. The smallest absolute Gasteiger partial charge is 0.241 e. The minimum Gasteiger partial charge on any atom is -0.367 e. The number of aryl methyl sites for hydroxylation is 1. The number of aromatic nitrogens is 2. The molecule has 4 rings (SSSR count). The normalized spacial score (nSPS) is 15.3. The van der Waals surface area contributed by atoms with Crippen molar-refractivity contribution in [3.05, 3.63) is 65.6 Å². The first-order valence-corrected chi connectivity index (χ1v) is 8.91. The van der Waals surface area contributed by atoms with E-state index in [0.717, 1.165) is 26.2 Å². The van der Waals surface area contributed by atoms with Crippen LogP contribution in [0.3, 0.4) is 0 Å². The third-order valence-electron chi connectivity index (χ3n) is 4.82. The number of hydrogen-bond acceptors (Lipinski definition) is 5. The molecule has 27 heavy (non-hydrogen) atoms. The van der Waals surface area contributed by atoms with Gasteiger partial charge in [-0.3, -0.25) is 4.90 Å². The van der Waals surface area contributed by atoms with Gasteiger partial charge in [0, 0.05) is 31.7 Å². The van der Waals surface area contributed by atoms with Gasteiger partial charge in [0.25, 0.3) is 0 Å². The Labute approximate surface area is 156 Å². The Morgan fingerprint density at radius 2 is 1.78 bits per heavy atom. The first kappa shape index (κ1) is 17.6. The summed E-state index contributed by atoms with van der Waals surface area (Å²) < 4.78 is 33.0. The second kappa shape index (κ2) is 7.44. The maximum atomic E-state index is 13.9. The van der Waals surface area contributed by atoms with Crippen LogP contribution in [-0.4, -0.2) is 41.2 Å². The van der Waals surface area contributed by atoms with E-state index in [2.05, 4.69) is 15.0 Å². The Kier molecular flexibility index (Phi) is 4.85. The van der Waals surface area contributed by atoms with Gasteiger partial charge in [-0.2, -0.15) is 4.98 Å². The topological polar surface area (TPSA) is 45.4 Å². The summed E-state index contributed by atoms with van der Waals surface area (Å²) in [7, 11) is 0. The number of hydrogen-bond donors (Lipinski definition) is 0. The molecule has 1 aromatic heterocycles. The van der Waals surface area contributed by atoms with Crippen LogP contribution in [0.5, 0.6) is 0 Å². The second-order valence-corrected chi connectivity index (χ2v) is 6.69. The lowest BCUT2D eigenvalue weighted by Crippen LogP contribution is -2.46. The molecule has 0 saturated carbocycles. The van der Waals surface area contributed by atoms with E-state index >= 15 is 0 Å². The summed E-state index contributed by atoms with van der Waals surface area (Å²) in [5, 5.41) is 3.96. The predicted octanol–water partition coefficient (Wildman–Crippen LogP) is 3.65. The van der Waals surface area contributed by atoms with Crippen LogP contribution in [0, 0.1) is 18.6 Å². The zero-order valence-corrected chi connectivity index (χ0v) is 15.0. The van der Waals surface area contributed by atoms with E-state index in [1.807, 2.05) is 11.0 Å². The van der Waals surface area contributed by atoms with Crippen LogP contribution in [0.2, 0.25) is 0 Å². The lowest BCUT2D eigenvalue weighted by atomic mass is 10.1. The highest BCUT2D eigenvalue weighted by molar-refractivity contribution is 5.55. The molecule has 0 bridgehead atoms. The zero-order valence-electron chi connectivity index (χ0n) is 15.0. The van der Waals surface area contributed by atoms with Gasteiger partial charge in [0.1, 0.15) is 11.6 Å². The highest BCUT2D eigenvalue weighted by Gasteiger charge is 2.21. The van der Waals surface area contributed by atoms with Crippen LogP contribution >= 0.6 is 0 Å². The Balaban J connectivity index is 1.38. The highest BCUT2D eigenvalue weighted by Crippen LogP contribution is 2.22. The van der Waals surface area contributed by atoms with Gasteiger partial charge in [-0.25, -0.2) is 8.78 Å². The fraction of sp³-hybridized carbons (Fsp3) is 0.300. The standard InChI is InChI=1S/C20H20F2N4O/c1-14-6-7-15(12-17(14)22)20-23-19(27-24-20)13-25-8-10-26(11-9-25)18-5-3-2-4-16(18)21/h2-7,12H,8-11,13H2,1H3. The molecule has 1 aliphatic rings. The number of rotatable bonds is 4. The summed E-state index contributed by atoms with van der Waals surface area (Å²) in [5.74, 6) is 0.389. The molecule has 5 nitrogen and oxygen atoms in total. The zero-order chi connectivity index (χ0) is 18.8. The molecule has 0 aliphatic carbocycles. The van der Waals surface area contributed by atoms with Crippen molar-refractivity contribution in [3.63, 3.8) is 0 Å². The van der Waals surface area contributed by atoms with E-state index in [-0.39, 0.29) is 11.6 Å². The minimum absolute atomic E-state index is 0.196. The first-order valence-electron chi connectivity index (χ1n) is 8.91. The lowest BCUT2D eigenvalue weighted by molar-refractivity contribution is 0.215. The van der Waals surface area contributed by atoms with E-state index in [0.29, 0.717) is 35.1 Å². The van der Waals surface area contributed by atoms with Gasteiger partial charge in [0.2, 0.25) is 11.7 Å². The molecular formula is C20H20F2N4O. The maximum Gasteiger partial charge on any atom is 0.241 e. The van der Waals surface area contributed by atoms with Gasteiger partial charge in [-0.05, 0) is 30.7 Å². The Bertz CT molecular complexity index is 935. The van der Waals surface area contributed by atoms with Gasteiger partial charge in [-0.1, -0.05) is 29.4 Å². The average molecular weight is 370 g/mol. The van der Waals surface area contributed by atoms with Crippen LogP contribution in [-0.2, 0) is 6.54 Å². The molecule has 1 aliphatic heterocycles. The summed E-state index contributed by atoms with van der Waals surface area (Å²) >= 11 is 0. The molecule has 0 spiro atoms. The van der Waals surface area contributed by atoms with E-state index in [4.69, 9.17) is 4.52 Å². The summed E-state index contributed by atoms with van der Waals surface area (Å²) in [6.45, 7) is 5.22. The molecular weight excluding hydrogens is 350 g/mol. The van der Waals surface area contributed by atoms with Crippen LogP contribution in [0.1, 0.15) is 11.5 Å². The number of halogens is 2. The quantitative estimate of drug-likeness (QED) is 0.702. The van der Waals surface area contributed by atoms with Crippen molar-refractivity contribution < 1.29 is 13.3 Å². The highest BCUT2D eigenvalue weighted by atomic mass is 19.1. The van der Waals surface area contributed by atoms with Crippen molar-refractivity contribution in [1.82, 2.24) is 15.0 Å². The fourth-order valence-electron chi connectivity index (χ4n) is 3.21. The number of benzene rings is 2. The van der Waals surface area contributed by atoms with Crippen molar-refractivity contribution in [1.29, 1.82) is 0 Å². The molecule has 0 atom stereocenters. The SMILES string of the molecule is Cc1ccc(-c2noc(CN3CCN(c4ccccc4F)CC3)n2)cc1F. The van der Waals surface area contributed by atoms with Gasteiger partial charge in [0.15, 0.2) is 0 Å². The maximum absolute atomic E-state index is 13.9. The van der Waals surface area contributed by atoms with E-state index in [1.54, 1.807) is 31.2 Å². The fourth-order valence-corrected chi connectivity index (χ4v) is 3.21. The van der Waals surface area contributed by atoms with Crippen molar-refractivity contribution in [2.75, 3.05) is 31.1 Å². The van der Waals surface area contributed by atoms with Gasteiger partial charge < -0.3 is 9.42 Å². The monoisotopic (exact) mass is 370 g/mol. The van der Waals surface area contributed by atoms with Crippen LogP contribution in [0.15, 0.2) is 47.0 Å². The molecule has 0 amide bonds. The molecule has 1 fully saturated rings. The molecule has 7 heteroatoms. The van der Waals surface area contributed by atoms with Crippen molar-refractivity contribution in [2.45, 2.75) is 13.5 Å². The second-order valence-electron chi connectivity index (χ2n) is 6.69. The van der Waals surface area contributed by atoms with E-state index in [9.17, 15) is 8.78 Å². The first-order chi connectivity index (χ1) is 13.1. The molecule has 0 N–H and O–H groups in total. The van der Waals surface area contributed by atoms with Gasteiger partial charge in [0.05, 0.1) is 12.2 Å². The largest absolute Gasteiger partial charge is 0.367 e. The summed E-state index contributed by atoms with van der Waals surface area (Å²) in [6, 6.07) is 11.7. The third-order valence-corrected chi connectivity index (χ3v) is 4.82. The molecule has 0 unspecified atom stereocenters. The van der Waals surface area contributed by atoms with Crippen molar-refractivity contribution in [3.8, 4) is 11.4 Å². The molecule has 0 radical (unpaired) electrons. The third kappa shape index (κ3) is 3.83. The molecule has 1 saturated heterocycles. The van der Waals surface area contributed by atoms with E-state index in [1.165, 1.54) is 12.1 Å². The number of piperazine rings is 1. The Morgan fingerprint density at radius 1 is 1.00 bits per heavy atom. The number of nitrogens with zero attached hydrogens (tertiary/aromatic N) is 4. The molecule has 140 valence electrons. The van der Waals surface area contributed by atoms with Gasteiger partial charge in [-0.15, -0.1) is 0 Å². The lowest BCUT2D eigenvalue weighted by Gasteiger charge is -2.35. The summed E-state index contributed by atoms with van der Waals surface area (Å²) in [6.07, 6.45) is 0. The summed E-state index contributed by atoms with van der Waals surface area (Å²) in [4.78, 5) is 8.60. The molecule has 2 aromatic carbocycles. The Morgan fingerprint density at radius 3 is 2.52 bits per heavy atom.